The smallest absolute Gasteiger partial charge is 0.211 e. The zero-order chi connectivity index (χ0) is 9.68. The van der Waals surface area contributed by atoms with Gasteiger partial charge < -0.3 is 0 Å². The lowest BCUT2D eigenvalue weighted by molar-refractivity contribution is 0.549. The van der Waals surface area contributed by atoms with Crippen LogP contribution in [0.2, 0.25) is 0 Å². The summed E-state index contributed by atoms with van der Waals surface area (Å²) in [6, 6.07) is 0. The Morgan fingerprint density at radius 3 is 2.38 bits per heavy atom. The van der Waals surface area contributed by atoms with Crippen molar-refractivity contribution in [3.05, 3.63) is 0 Å². The van der Waals surface area contributed by atoms with E-state index in [9.17, 15) is 9.59 Å². The summed E-state index contributed by atoms with van der Waals surface area (Å²) in [7, 11) is 0. The second-order valence-corrected chi connectivity index (χ2v) is 5.69. The van der Waals surface area contributed by atoms with Crippen LogP contribution in [0, 0.1) is 0 Å². The maximum Gasteiger partial charge on any atom is 0.237 e. The molecule has 70 valence electrons. The van der Waals surface area contributed by atoms with Crippen LogP contribution in [0.4, 0.5) is 0 Å². The number of isocyanates is 2. The number of carbonyl (C=O) groups excluding carboxylic acids is 2. The Kier molecular flexibility index (Phi) is 4.25. The summed E-state index contributed by atoms with van der Waals surface area (Å²) in [5.74, 6) is 0.854. The first-order chi connectivity index (χ1) is 6.27. The summed E-state index contributed by atoms with van der Waals surface area (Å²) in [4.78, 5) is 27.0. The van der Waals surface area contributed by atoms with Crippen molar-refractivity contribution >= 4 is 35.7 Å². The minimum Gasteiger partial charge on any atom is -0.211 e. The molecule has 1 aliphatic heterocycles. The van der Waals surface area contributed by atoms with Crippen LogP contribution in [-0.2, 0) is 9.59 Å². The molecular weight excluding hydrogens is 208 g/mol. The van der Waals surface area contributed by atoms with Crippen LogP contribution in [0.25, 0.3) is 0 Å². The van der Waals surface area contributed by atoms with Crippen LogP contribution in [0.1, 0.15) is 6.92 Å². The van der Waals surface area contributed by atoms with Crippen LogP contribution in [-0.4, -0.2) is 33.9 Å². The number of nitrogens with zero attached hydrogens (tertiary/aromatic N) is 2. The minimum atomic E-state index is -0.600. The van der Waals surface area contributed by atoms with Crippen LogP contribution in [0.15, 0.2) is 9.98 Å². The van der Waals surface area contributed by atoms with E-state index in [1.807, 2.05) is 0 Å². The van der Waals surface area contributed by atoms with E-state index in [2.05, 4.69) is 16.9 Å². The first kappa shape index (κ1) is 10.5. The highest BCUT2D eigenvalue weighted by molar-refractivity contribution is 8.20. The molecule has 1 fully saturated rings. The largest absolute Gasteiger partial charge is 0.237 e. The second-order valence-electron chi connectivity index (χ2n) is 2.43. The Morgan fingerprint density at radius 2 is 2.00 bits per heavy atom. The van der Waals surface area contributed by atoms with Gasteiger partial charge in [-0.1, -0.05) is 0 Å². The van der Waals surface area contributed by atoms with Crippen molar-refractivity contribution < 1.29 is 9.59 Å². The molecule has 1 aliphatic rings. The third-order valence-corrected chi connectivity index (χ3v) is 4.68. The number of hydrogen-bond donors (Lipinski definition) is 0. The molecule has 1 saturated heterocycles. The lowest BCUT2D eigenvalue weighted by Gasteiger charge is -2.09. The van der Waals surface area contributed by atoms with E-state index in [1.54, 1.807) is 23.5 Å². The van der Waals surface area contributed by atoms with Crippen LogP contribution in [0.3, 0.4) is 0 Å². The highest BCUT2D eigenvalue weighted by atomic mass is 32.2. The standard InChI is InChI=1S/C7H8N2O2S2/c1-5-12-2-6(13-5)7(8-3-10)9-4-11/h5-7H,2H2,1H3. The molecule has 2 atom stereocenters. The fraction of sp³-hybridized carbons (Fsp3) is 0.714. The van der Waals surface area contributed by atoms with Crippen molar-refractivity contribution in [2.45, 2.75) is 22.9 Å². The number of hydrogen-bond acceptors (Lipinski definition) is 6. The van der Waals surface area contributed by atoms with E-state index < -0.39 is 6.17 Å². The van der Waals surface area contributed by atoms with Crippen molar-refractivity contribution in [2.75, 3.05) is 5.75 Å². The van der Waals surface area contributed by atoms with Gasteiger partial charge in [0.05, 0.1) is 5.25 Å². The molecular formula is C7H8N2O2S2. The Balaban J connectivity index is 2.64. The molecule has 0 bridgehead atoms. The molecule has 0 amide bonds. The topological polar surface area (TPSA) is 58.9 Å². The van der Waals surface area contributed by atoms with E-state index in [0.29, 0.717) is 4.58 Å². The van der Waals surface area contributed by atoms with Crippen molar-refractivity contribution in [3.63, 3.8) is 0 Å². The zero-order valence-electron chi connectivity index (χ0n) is 6.97. The second kappa shape index (κ2) is 5.25. The fourth-order valence-electron chi connectivity index (χ4n) is 1.01. The number of rotatable bonds is 3. The lowest BCUT2D eigenvalue weighted by Crippen LogP contribution is -2.18. The molecule has 0 radical (unpaired) electrons. The van der Waals surface area contributed by atoms with Crippen LogP contribution < -0.4 is 0 Å². The first-order valence-corrected chi connectivity index (χ1v) is 5.68. The Labute approximate surface area is 84.3 Å². The Hall–Kier alpha value is -0.540. The highest BCUT2D eigenvalue weighted by Crippen LogP contribution is 2.39. The molecule has 1 rings (SSSR count). The van der Waals surface area contributed by atoms with Gasteiger partial charge >= 0.3 is 0 Å². The van der Waals surface area contributed by atoms with Crippen LogP contribution in [0.5, 0.6) is 0 Å². The Bertz CT molecular complexity index is 254. The molecule has 0 aromatic rings. The SMILES string of the molecule is CC1SCC(C(N=C=O)N=C=O)S1. The first-order valence-electron chi connectivity index (χ1n) is 3.69. The number of thioether (sulfide) groups is 2. The van der Waals surface area contributed by atoms with Gasteiger partial charge in [-0.3, -0.25) is 0 Å². The summed E-state index contributed by atoms with van der Waals surface area (Å²) < 4.78 is 0.469. The summed E-state index contributed by atoms with van der Waals surface area (Å²) in [6.45, 7) is 2.07. The van der Waals surface area contributed by atoms with Gasteiger partial charge in [0.2, 0.25) is 12.2 Å². The van der Waals surface area contributed by atoms with Crippen molar-refractivity contribution in [1.82, 2.24) is 0 Å². The van der Waals surface area contributed by atoms with Gasteiger partial charge in [0.15, 0.2) is 6.17 Å². The fourth-order valence-corrected chi connectivity index (χ4v) is 3.93. The molecule has 4 nitrogen and oxygen atoms in total. The maximum absolute atomic E-state index is 10.0. The van der Waals surface area contributed by atoms with E-state index in [4.69, 9.17) is 0 Å². The predicted molar refractivity (Wildman–Crippen MR) is 53.3 cm³/mol. The molecule has 0 spiro atoms. The summed E-state index contributed by atoms with van der Waals surface area (Å²) >= 11 is 3.44. The number of aliphatic imine (C=N–C) groups is 2. The van der Waals surface area contributed by atoms with E-state index in [-0.39, 0.29) is 5.25 Å². The molecule has 0 aromatic carbocycles. The summed E-state index contributed by atoms with van der Waals surface area (Å²) in [6.07, 6.45) is 2.25. The summed E-state index contributed by atoms with van der Waals surface area (Å²) in [5, 5.41) is 0.0999. The third kappa shape index (κ3) is 3.01. The molecule has 0 N–H and O–H groups in total. The summed E-state index contributed by atoms with van der Waals surface area (Å²) in [5.41, 5.74) is 0. The molecule has 13 heavy (non-hydrogen) atoms. The average Bonchev–Trinajstić information content (AvgIpc) is 2.51. The van der Waals surface area contributed by atoms with Crippen molar-refractivity contribution in [3.8, 4) is 0 Å². The van der Waals surface area contributed by atoms with Gasteiger partial charge in [-0.2, -0.15) is 9.98 Å². The Morgan fingerprint density at radius 1 is 1.38 bits per heavy atom. The maximum atomic E-state index is 10.0. The lowest BCUT2D eigenvalue weighted by atomic mass is 10.4. The zero-order valence-corrected chi connectivity index (χ0v) is 8.60. The van der Waals surface area contributed by atoms with E-state index in [1.165, 1.54) is 12.2 Å². The quantitative estimate of drug-likeness (QED) is 0.525. The van der Waals surface area contributed by atoms with Gasteiger partial charge in [-0.15, -0.1) is 23.5 Å². The van der Waals surface area contributed by atoms with Crippen molar-refractivity contribution in [1.29, 1.82) is 0 Å². The molecule has 0 aromatic heterocycles. The molecule has 0 saturated carbocycles. The van der Waals surface area contributed by atoms with Gasteiger partial charge in [0.1, 0.15) is 0 Å². The van der Waals surface area contributed by atoms with Gasteiger partial charge in [0.25, 0.3) is 0 Å². The van der Waals surface area contributed by atoms with Gasteiger partial charge in [-0.25, -0.2) is 9.59 Å². The monoisotopic (exact) mass is 216 g/mol. The molecule has 2 unspecified atom stereocenters. The van der Waals surface area contributed by atoms with E-state index >= 15 is 0 Å². The molecule has 1 heterocycles. The third-order valence-electron chi connectivity index (χ3n) is 1.56. The molecule has 0 aliphatic carbocycles. The van der Waals surface area contributed by atoms with Gasteiger partial charge in [-0.05, 0) is 6.92 Å². The predicted octanol–water partition coefficient (Wildman–Crippen LogP) is 1.18. The molecule has 6 heteroatoms. The van der Waals surface area contributed by atoms with Crippen LogP contribution >= 0.6 is 23.5 Å². The normalized spacial score (nSPS) is 28.7. The highest BCUT2D eigenvalue weighted by Gasteiger charge is 2.29. The minimum absolute atomic E-state index is 0.0999. The van der Waals surface area contributed by atoms with E-state index in [0.717, 1.165) is 5.75 Å². The average molecular weight is 216 g/mol. The van der Waals surface area contributed by atoms with Crippen molar-refractivity contribution in [2.24, 2.45) is 9.98 Å². The van der Waals surface area contributed by atoms with Gasteiger partial charge in [0, 0.05) is 10.3 Å².